The van der Waals surface area contributed by atoms with Gasteiger partial charge in [0.1, 0.15) is 5.82 Å². The lowest BCUT2D eigenvalue weighted by Crippen LogP contribution is -2.29. The molecular formula is C11H19N3O2. The minimum atomic E-state index is -0.495. The number of nitrogen functional groups attached to an aromatic ring is 1. The second kappa shape index (κ2) is 4.55. The van der Waals surface area contributed by atoms with Gasteiger partial charge in [0.15, 0.2) is 5.69 Å². The highest BCUT2D eigenvalue weighted by Gasteiger charge is 2.27. The number of ether oxygens (including phenoxy) is 1. The molecule has 1 heterocycles. The zero-order valence-corrected chi connectivity index (χ0v) is 10.3. The molecule has 0 fully saturated rings. The first kappa shape index (κ1) is 12.5. The van der Waals surface area contributed by atoms with Crippen LogP contribution in [-0.4, -0.2) is 22.6 Å². The van der Waals surface area contributed by atoms with Gasteiger partial charge in [-0.05, 0) is 19.8 Å². The minimum Gasteiger partial charge on any atom is -0.464 e. The van der Waals surface area contributed by atoms with Gasteiger partial charge in [-0.3, -0.25) is 0 Å². The number of carbonyl (C=O) groups excluding carboxylic acids is 1. The fourth-order valence-electron chi connectivity index (χ4n) is 1.63. The Morgan fingerprint density at radius 3 is 2.56 bits per heavy atom. The molecule has 0 spiro atoms. The SMILES string of the molecule is CCC(C)(CC)n1cnc(C(=O)OC)c1N. The number of imidazole rings is 1. The number of aromatic nitrogens is 2. The van der Waals surface area contributed by atoms with Crippen molar-refractivity contribution in [1.82, 2.24) is 9.55 Å². The van der Waals surface area contributed by atoms with Crippen LogP contribution < -0.4 is 5.73 Å². The smallest absolute Gasteiger partial charge is 0.360 e. The van der Waals surface area contributed by atoms with Gasteiger partial charge in [0.2, 0.25) is 0 Å². The number of methoxy groups -OCH3 is 1. The van der Waals surface area contributed by atoms with E-state index in [1.807, 2.05) is 4.57 Å². The highest BCUT2D eigenvalue weighted by Crippen LogP contribution is 2.28. The molecular weight excluding hydrogens is 206 g/mol. The van der Waals surface area contributed by atoms with Crippen molar-refractivity contribution in [2.45, 2.75) is 39.2 Å². The summed E-state index contributed by atoms with van der Waals surface area (Å²) in [5, 5.41) is 0. The van der Waals surface area contributed by atoms with Gasteiger partial charge < -0.3 is 15.0 Å². The van der Waals surface area contributed by atoms with E-state index in [1.54, 1.807) is 6.33 Å². The Kier molecular flexibility index (Phi) is 3.57. The molecule has 0 aliphatic heterocycles. The summed E-state index contributed by atoms with van der Waals surface area (Å²) >= 11 is 0. The van der Waals surface area contributed by atoms with E-state index < -0.39 is 5.97 Å². The molecule has 0 radical (unpaired) electrons. The lowest BCUT2D eigenvalue weighted by molar-refractivity contribution is 0.0596. The lowest BCUT2D eigenvalue weighted by Gasteiger charge is -2.29. The fraction of sp³-hybridized carbons (Fsp3) is 0.636. The second-order valence-corrected chi connectivity index (χ2v) is 4.04. The first-order valence-corrected chi connectivity index (χ1v) is 5.41. The quantitative estimate of drug-likeness (QED) is 0.793. The van der Waals surface area contributed by atoms with Gasteiger partial charge >= 0.3 is 5.97 Å². The zero-order valence-electron chi connectivity index (χ0n) is 10.3. The molecule has 0 bridgehead atoms. The number of anilines is 1. The minimum absolute atomic E-state index is 0.108. The third-order valence-corrected chi connectivity index (χ3v) is 3.29. The normalized spacial score (nSPS) is 11.5. The predicted molar refractivity (Wildman–Crippen MR) is 62.2 cm³/mol. The summed E-state index contributed by atoms with van der Waals surface area (Å²) in [5.74, 6) is -0.121. The van der Waals surface area contributed by atoms with Crippen molar-refractivity contribution in [3.8, 4) is 0 Å². The van der Waals surface area contributed by atoms with E-state index >= 15 is 0 Å². The summed E-state index contributed by atoms with van der Waals surface area (Å²) in [6, 6.07) is 0. The molecule has 0 saturated heterocycles. The molecule has 0 saturated carbocycles. The van der Waals surface area contributed by atoms with Crippen molar-refractivity contribution in [1.29, 1.82) is 0 Å². The first-order valence-electron chi connectivity index (χ1n) is 5.41. The Morgan fingerprint density at radius 1 is 1.56 bits per heavy atom. The summed E-state index contributed by atoms with van der Waals surface area (Å²) in [7, 11) is 1.32. The van der Waals surface area contributed by atoms with Crippen molar-refractivity contribution < 1.29 is 9.53 Å². The van der Waals surface area contributed by atoms with Crippen molar-refractivity contribution in [3.63, 3.8) is 0 Å². The average molecular weight is 225 g/mol. The maximum atomic E-state index is 11.4. The predicted octanol–water partition coefficient (Wildman–Crippen LogP) is 1.79. The summed E-state index contributed by atoms with van der Waals surface area (Å²) in [6.45, 7) is 6.26. The molecule has 90 valence electrons. The van der Waals surface area contributed by atoms with Crippen molar-refractivity contribution >= 4 is 11.8 Å². The maximum absolute atomic E-state index is 11.4. The molecule has 1 rings (SSSR count). The molecule has 0 aliphatic rings. The number of rotatable bonds is 4. The Bertz CT molecular complexity index is 381. The number of esters is 1. The van der Waals surface area contributed by atoms with Crippen LogP contribution >= 0.6 is 0 Å². The molecule has 0 amide bonds. The Hall–Kier alpha value is -1.52. The van der Waals surface area contributed by atoms with E-state index in [4.69, 9.17) is 5.73 Å². The van der Waals surface area contributed by atoms with Gasteiger partial charge in [-0.25, -0.2) is 9.78 Å². The molecule has 0 atom stereocenters. The van der Waals surface area contributed by atoms with Crippen LogP contribution in [-0.2, 0) is 10.3 Å². The van der Waals surface area contributed by atoms with Crippen molar-refractivity contribution in [2.24, 2.45) is 0 Å². The molecule has 16 heavy (non-hydrogen) atoms. The van der Waals surface area contributed by atoms with Crippen LogP contribution in [0.3, 0.4) is 0 Å². The Morgan fingerprint density at radius 2 is 2.12 bits per heavy atom. The summed E-state index contributed by atoms with van der Waals surface area (Å²) in [6.07, 6.45) is 3.45. The van der Waals surface area contributed by atoms with E-state index in [2.05, 4.69) is 30.5 Å². The van der Waals surface area contributed by atoms with E-state index in [1.165, 1.54) is 7.11 Å². The highest BCUT2D eigenvalue weighted by molar-refractivity contribution is 5.92. The molecule has 0 aliphatic carbocycles. The molecule has 5 nitrogen and oxygen atoms in total. The van der Waals surface area contributed by atoms with Gasteiger partial charge in [0.05, 0.1) is 13.4 Å². The molecule has 0 aromatic carbocycles. The van der Waals surface area contributed by atoms with Gasteiger partial charge in [0.25, 0.3) is 0 Å². The standard InChI is InChI=1S/C11H19N3O2/c1-5-11(3,6-2)14-7-13-8(9(14)12)10(15)16-4/h7H,5-6,12H2,1-4H3. The van der Waals surface area contributed by atoms with Gasteiger partial charge in [-0.15, -0.1) is 0 Å². The summed E-state index contributed by atoms with van der Waals surface area (Å²) in [5.41, 5.74) is 6.00. The largest absolute Gasteiger partial charge is 0.464 e. The number of hydrogen-bond donors (Lipinski definition) is 1. The Balaban J connectivity index is 3.18. The van der Waals surface area contributed by atoms with Crippen LogP contribution in [0.5, 0.6) is 0 Å². The van der Waals surface area contributed by atoms with Crippen LogP contribution in [0.2, 0.25) is 0 Å². The zero-order chi connectivity index (χ0) is 12.3. The maximum Gasteiger partial charge on any atom is 0.360 e. The third kappa shape index (κ3) is 1.89. The summed E-state index contributed by atoms with van der Waals surface area (Å²) < 4.78 is 6.46. The van der Waals surface area contributed by atoms with Crippen LogP contribution in [0.15, 0.2) is 6.33 Å². The van der Waals surface area contributed by atoms with Crippen molar-refractivity contribution in [3.05, 3.63) is 12.0 Å². The molecule has 1 aromatic rings. The van der Waals surface area contributed by atoms with Crippen LogP contribution in [0.1, 0.15) is 44.1 Å². The van der Waals surface area contributed by atoms with Crippen LogP contribution in [0.25, 0.3) is 0 Å². The summed E-state index contributed by atoms with van der Waals surface area (Å²) in [4.78, 5) is 15.4. The van der Waals surface area contributed by atoms with E-state index in [0.717, 1.165) is 12.8 Å². The fourth-order valence-corrected chi connectivity index (χ4v) is 1.63. The number of hydrogen-bond acceptors (Lipinski definition) is 4. The van der Waals surface area contributed by atoms with Crippen LogP contribution in [0.4, 0.5) is 5.82 Å². The topological polar surface area (TPSA) is 70.1 Å². The number of nitrogens with two attached hydrogens (primary N) is 1. The third-order valence-electron chi connectivity index (χ3n) is 3.29. The first-order chi connectivity index (χ1) is 7.50. The molecule has 2 N–H and O–H groups in total. The average Bonchev–Trinajstić information content (AvgIpc) is 2.69. The van der Waals surface area contributed by atoms with Crippen molar-refractivity contribution in [2.75, 3.05) is 12.8 Å². The lowest BCUT2D eigenvalue weighted by atomic mass is 9.95. The second-order valence-electron chi connectivity index (χ2n) is 4.04. The van der Waals surface area contributed by atoms with E-state index in [-0.39, 0.29) is 11.2 Å². The van der Waals surface area contributed by atoms with E-state index in [9.17, 15) is 4.79 Å². The monoisotopic (exact) mass is 225 g/mol. The van der Waals surface area contributed by atoms with Gasteiger partial charge in [0, 0.05) is 5.54 Å². The van der Waals surface area contributed by atoms with E-state index in [0.29, 0.717) is 5.82 Å². The number of nitrogens with zero attached hydrogens (tertiary/aromatic N) is 2. The molecule has 1 aromatic heterocycles. The Labute approximate surface area is 95.6 Å². The van der Waals surface area contributed by atoms with Gasteiger partial charge in [-0.2, -0.15) is 0 Å². The van der Waals surface area contributed by atoms with Gasteiger partial charge in [-0.1, -0.05) is 13.8 Å². The highest BCUT2D eigenvalue weighted by atomic mass is 16.5. The number of carbonyl (C=O) groups is 1. The van der Waals surface area contributed by atoms with Crippen LogP contribution in [0, 0.1) is 0 Å². The molecule has 0 unspecified atom stereocenters. The molecule has 5 heteroatoms.